The van der Waals surface area contributed by atoms with Crippen LogP contribution < -0.4 is 0 Å². The summed E-state index contributed by atoms with van der Waals surface area (Å²) in [7, 11) is 3.94. The number of aromatic nitrogens is 1. The Bertz CT molecular complexity index is 566. The smallest absolute Gasteiger partial charge is 0.192 e. The van der Waals surface area contributed by atoms with Gasteiger partial charge >= 0.3 is 0 Å². The molecule has 1 heterocycles. The standard InChI is InChI=1S/C13H15N3O/c1-9-15-11-8-10(4-5-13(11)17-9)12(6-7-14)16(2)3/h4-5,8,12H,6H2,1-3H3. The number of fused-ring (bicyclic) bond motifs is 1. The predicted molar refractivity (Wildman–Crippen MR) is 65.4 cm³/mol. The number of nitrogens with zero attached hydrogens (tertiary/aromatic N) is 3. The molecule has 0 aliphatic carbocycles. The molecule has 17 heavy (non-hydrogen) atoms. The van der Waals surface area contributed by atoms with Gasteiger partial charge in [0, 0.05) is 13.0 Å². The molecule has 2 rings (SSSR count). The first-order valence-corrected chi connectivity index (χ1v) is 5.52. The summed E-state index contributed by atoms with van der Waals surface area (Å²) in [6.45, 7) is 1.83. The Balaban J connectivity index is 2.43. The molecule has 88 valence electrons. The van der Waals surface area contributed by atoms with Gasteiger partial charge < -0.3 is 9.32 Å². The van der Waals surface area contributed by atoms with Crippen LogP contribution in [0.1, 0.15) is 23.9 Å². The summed E-state index contributed by atoms with van der Waals surface area (Å²) < 4.78 is 5.43. The molecule has 0 fully saturated rings. The van der Waals surface area contributed by atoms with Gasteiger partial charge in [0.25, 0.3) is 0 Å². The van der Waals surface area contributed by atoms with E-state index < -0.39 is 0 Å². The van der Waals surface area contributed by atoms with Gasteiger partial charge in [-0.3, -0.25) is 0 Å². The molecule has 0 bridgehead atoms. The maximum atomic E-state index is 8.85. The van der Waals surface area contributed by atoms with Crippen molar-refractivity contribution in [3.05, 3.63) is 29.7 Å². The minimum Gasteiger partial charge on any atom is -0.441 e. The molecule has 0 radical (unpaired) electrons. The van der Waals surface area contributed by atoms with Gasteiger partial charge in [-0.1, -0.05) is 6.07 Å². The quantitative estimate of drug-likeness (QED) is 0.811. The molecule has 0 saturated heterocycles. The van der Waals surface area contributed by atoms with Crippen molar-refractivity contribution in [2.75, 3.05) is 14.1 Å². The summed E-state index contributed by atoms with van der Waals surface area (Å²) >= 11 is 0. The highest BCUT2D eigenvalue weighted by atomic mass is 16.3. The molecule has 0 aliphatic rings. The Labute approximate surface area is 100 Å². The molecule has 1 aromatic heterocycles. The summed E-state index contributed by atoms with van der Waals surface area (Å²) in [5.41, 5.74) is 2.74. The number of hydrogen-bond acceptors (Lipinski definition) is 4. The van der Waals surface area contributed by atoms with E-state index in [0.29, 0.717) is 12.3 Å². The molecular formula is C13H15N3O. The molecule has 2 aromatic rings. The van der Waals surface area contributed by atoms with E-state index in [1.165, 1.54) is 0 Å². The maximum Gasteiger partial charge on any atom is 0.192 e. The molecule has 1 atom stereocenters. The summed E-state index contributed by atoms with van der Waals surface area (Å²) in [6, 6.07) is 8.22. The van der Waals surface area contributed by atoms with Gasteiger partial charge in [-0.15, -0.1) is 0 Å². The van der Waals surface area contributed by atoms with Gasteiger partial charge in [0.05, 0.1) is 12.5 Å². The number of rotatable bonds is 3. The summed E-state index contributed by atoms with van der Waals surface area (Å²) in [4.78, 5) is 6.35. The lowest BCUT2D eigenvalue weighted by molar-refractivity contribution is 0.303. The SMILES string of the molecule is Cc1nc2cc(C(CC#N)N(C)C)ccc2o1. The van der Waals surface area contributed by atoms with Crippen LogP contribution >= 0.6 is 0 Å². The molecule has 1 unspecified atom stereocenters. The lowest BCUT2D eigenvalue weighted by Crippen LogP contribution is -2.19. The van der Waals surface area contributed by atoms with E-state index in [1.54, 1.807) is 0 Å². The zero-order chi connectivity index (χ0) is 12.4. The first-order chi connectivity index (χ1) is 8.11. The van der Waals surface area contributed by atoms with Crippen molar-refractivity contribution in [3.8, 4) is 6.07 Å². The highest BCUT2D eigenvalue weighted by molar-refractivity contribution is 5.73. The van der Waals surface area contributed by atoms with Crippen molar-refractivity contribution >= 4 is 11.1 Å². The second kappa shape index (κ2) is 4.56. The predicted octanol–water partition coefficient (Wildman–Crippen LogP) is 2.65. The third-order valence-electron chi connectivity index (χ3n) is 2.81. The lowest BCUT2D eigenvalue weighted by atomic mass is 10.0. The Hall–Kier alpha value is -1.86. The molecular weight excluding hydrogens is 214 g/mol. The summed E-state index contributed by atoms with van der Waals surface area (Å²) in [6.07, 6.45) is 0.468. The van der Waals surface area contributed by atoms with Gasteiger partial charge in [0.2, 0.25) is 0 Å². The van der Waals surface area contributed by atoms with E-state index in [2.05, 4.69) is 11.1 Å². The third kappa shape index (κ3) is 2.29. The van der Waals surface area contributed by atoms with Crippen LogP contribution in [0.25, 0.3) is 11.1 Å². The monoisotopic (exact) mass is 229 g/mol. The van der Waals surface area contributed by atoms with E-state index >= 15 is 0 Å². The Kier molecular flexibility index (Phi) is 3.12. The van der Waals surface area contributed by atoms with Crippen LogP contribution in [-0.2, 0) is 0 Å². The fraction of sp³-hybridized carbons (Fsp3) is 0.385. The van der Waals surface area contributed by atoms with Crippen LogP contribution in [0.3, 0.4) is 0 Å². The number of nitriles is 1. The van der Waals surface area contributed by atoms with Crippen molar-refractivity contribution in [1.29, 1.82) is 5.26 Å². The number of hydrogen-bond donors (Lipinski definition) is 0. The van der Waals surface area contributed by atoms with E-state index in [9.17, 15) is 0 Å². The van der Waals surface area contributed by atoms with Crippen molar-refractivity contribution in [2.24, 2.45) is 0 Å². The van der Waals surface area contributed by atoms with Gasteiger partial charge in [0.15, 0.2) is 11.5 Å². The summed E-state index contributed by atoms with van der Waals surface area (Å²) in [5, 5.41) is 8.85. The molecule has 4 heteroatoms. The van der Waals surface area contributed by atoms with Crippen LogP contribution in [0.4, 0.5) is 0 Å². The molecule has 1 aromatic carbocycles. The van der Waals surface area contributed by atoms with Crippen LogP contribution in [0.15, 0.2) is 22.6 Å². The molecule has 0 saturated carbocycles. The van der Waals surface area contributed by atoms with Gasteiger partial charge in [0.1, 0.15) is 5.52 Å². The van der Waals surface area contributed by atoms with Gasteiger partial charge in [-0.2, -0.15) is 5.26 Å². The number of benzene rings is 1. The van der Waals surface area contributed by atoms with Crippen molar-refractivity contribution in [1.82, 2.24) is 9.88 Å². The van der Waals surface area contributed by atoms with Gasteiger partial charge in [-0.05, 0) is 31.8 Å². The minimum atomic E-state index is 0.0985. The second-order valence-electron chi connectivity index (χ2n) is 4.30. The van der Waals surface area contributed by atoms with Crippen LogP contribution in [0.5, 0.6) is 0 Å². The molecule has 0 amide bonds. The Morgan fingerprint density at radius 2 is 2.24 bits per heavy atom. The normalized spacial score (nSPS) is 12.9. The van der Waals surface area contributed by atoms with Gasteiger partial charge in [-0.25, -0.2) is 4.98 Å². The molecule has 4 nitrogen and oxygen atoms in total. The Morgan fingerprint density at radius 1 is 1.47 bits per heavy atom. The fourth-order valence-electron chi connectivity index (χ4n) is 1.95. The second-order valence-corrected chi connectivity index (χ2v) is 4.30. The van der Waals surface area contributed by atoms with Crippen LogP contribution in [0.2, 0.25) is 0 Å². The first kappa shape index (κ1) is 11.6. The average molecular weight is 229 g/mol. The average Bonchev–Trinajstić information content (AvgIpc) is 2.64. The van der Waals surface area contributed by atoms with Crippen LogP contribution in [-0.4, -0.2) is 24.0 Å². The van der Waals surface area contributed by atoms with E-state index in [4.69, 9.17) is 9.68 Å². The maximum absolute atomic E-state index is 8.85. The van der Waals surface area contributed by atoms with Crippen molar-refractivity contribution in [3.63, 3.8) is 0 Å². The van der Waals surface area contributed by atoms with E-state index in [1.807, 2.05) is 44.1 Å². The highest BCUT2D eigenvalue weighted by Crippen LogP contribution is 2.25. The van der Waals surface area contributed by atoms with Crippen LogP contribution in [0, 0.1) is 18.3 Å². The largest absolute Gasteiger partial charge is 0.441 e. The molecule has 0 N–H and O–H groups in total. The zero-order valence-electron chi connectivity index (χ0n) is 10.3. The minimum absolute atomic E-state index is 0.0985. The zero-order valence-corrected chi connectivity index (χ0v) is 10.3. The Morgan fingerprint density at radius 3 is 2.88 bits per heavy atom. The number of oxazole rings is 1. The fourth-order valence-corrected chi connectivity index (χ4v) is 1.95. The molecule has 0 aliphatic heterocycles. The number of aryl methyl sites for hydroxylation is 1. The third-order valence-corrected chi connectivity index (χ3v) is 2.81. The topological polar surface area (TPSA) is 53.1 Å². The van der Waals surface area contributed by atoms with E-state index in [-0.39, 0.29) is 6.04 Å². The van der Waals surface area contributed by atoms with E-state index in [0.717, 1.165) is 16.7 Å². The highest BCUT2D eigenvalue weighted by Gasteiger charge is 2.15. The lowest BCUT2D eigenvalue weighted by Gasteiger charge is -2.21. The summed E-state index contributed by atoms with van der Waals surface area (Å²) in [5.74, 6) is 0.666. The van der Waals surface area contributed by atoms with Crippen molar-refractivity contribution in [2.45, 2.75) is 19.4 Å². The molecule has 0 spiro atoms. The first-order valence-electron chi connectivity index (χ1n) is 5.52. The van der Waals surface area contributed by atoms with Crippen molar-refractivity contribution < 1.29 is 4.42 Å².